The first-order valence-corrected chi connectivity index (χ1v) is 16.7. The molecule has 0 saturated heterocycles. The lowest BCUT2D eigenvalue weighted by molar-refractivity contribution is -0.145. The first kappa shape index (κ1) is 31.0. The van der Waals surface area contributed by atoms with Crippen LogP contribution in [-0.2, 0) is 14.3 Å². The van der Waals surface area contributed by atoms with E-state index in [0.717, 1.165) is 56.9 Å². The Kier molecular flexibility index (Phi) is 8.81. The molecule has 0 amide bonds. The van der Waals surface area contributed by atoms with Gasteiger partial charge in [-0.15, -0.1) is 0 Å². The molecule has 0 aromatic heterocycles. The third-order valence-electron chi connectivity index (χ3n) is 12.2. The van der Waals surface area contributed by atoms with Crippen molar-refractivity contribution in [3.8, 4) is 0 Å². The number of allylic oxidation sites excluding steroid dienone is 10. The van der Waals surface area contributed by atoms with Gasteiger partial charge in [0.25, 0.3) is 0 Å². The minimum Gasteiger partial charge on any atom is -0.459 e. The normalized spacial score (nSPS) is 37.0. The molecular weight excluding hydrogens is 516 g/mol. The molecule has 0 N–H and O–H groups in total. The molecule has 0 bridgehead atoms. The third-order valence-corrected chi connectivity index (χ3v) is 12.2. The molecule has 0 unspecified atom stereocenters. The molecule has 0 radical (unpaired) electrons. The van der Waals surface area contributed by atoms with Gasteiger partial charge in [-0.05, 0) is 118 Å². The maximum absolute atomic E-state index is 12.8. The van der Waals surface area contributed by atoms with Crippen molar-refractivity contribution in [3.63, 3.8) is 0 Å². The fraction of sp³-hybridized carbons (Fsp3) is 0.641. The van der Waals surface area contributed by atoms with E-state index in [2.05, 4.69) is 65.8 Å². The zero-order chi connectivity index (χ0) is 30.3. The van der Waals surface area contributed by atoms with Crippen molar-refractivity contribution in [2.45, 2.75) is 125 Å². The predicted octanol–water partition coefficient (Wildman–Crippen LogP) is 9.96. The van der Waals surface area contributed by atoms with Gasteiger partial charge in [0.05, 0.1) is 0 Å². The number of rotatable bonds is 6. The number of ketones is 1. The molecule has 3 heteroatoms. The summed E-state index contributed by atoms with van der Waals surface area (Å²) in [4.78, 5) is 25.5. The number of hydrogen-bond donors (Lipinski definition) is 0. The fourth-order valence-corrected chi connectivity index (χ4v) is 9.56. The minimum absolute atomic E-state index is 0.0441. The Hall–Kier alpha value is -2.42. The third kappa shape index (κ3) is 6.00. The van der Waals surface area contributed by atoms with Gasteiger partial charge in [0, 0.05) is 24.3 Å². The smallest absolute Gasteiger partial charge is 0.331 e. The van der Waals surface area contributed by atoms with Crippen molar-refractivity contribution in [2.24, 2.45) is 34.0 Å². The first-order chi connectivity index (χ1) is 19.8. The Morgan fingerprint density at radius 2 is 1.67 bits per heavy atom. The lowest BCUT2D eigenvalue weighted by Gasteiger charge is -2.56. The van der Waals surface area contributed by atoms with E-state index in [-0.39, 0.29) is 28.3 Å². The molecule has 0 aromatic rings. The van der Waals surface area contributed by atoms with Crippen LogP contribution in [0.5, 0.6) is 0 Å². The van der Waals surface area contributed by atoms with Crippen LogP contribution in [0.25, 0.3) is 0 Å². The van der Waals surface area contributed by atoms with Crippen molar-refractivity contribution < 1.29 is 14.3 Å². The average Bonchev–Trinajstić information content (AvgIpc) is 3.22. The van der Waals surface area contributed by atoms with Crippen molar-refractivity contribution >= 4 is 11.8 Å². The van der Waals surface area contributed by atoms with E-state index in [1.165, 1.54) is 41.6 Å². The number of carbonyl (C=O) groups excluding carboxylic acids is 2. The van der Waals surface area contributed by atoms with Crippen LogP contribution in [0.3, 0.4) is 0 Å². The van der Waals surface area contributed by atoms with Crippen LogP contribution >= 0.6 is 0 Å². The van der Waals surface area contributed by atoms with Gasteiger partial charge in [-0.25, -0.2) is 4.79 Å². The SMILES string of the molecule is CC(C=CC1=C(C)CCCC1(C)C)=CC=CC(C)=CC(=O)O[C@H]1CC[C@@]2(C)C(=CC[C@@H]3[C@@H]2CC[C@]2(C)C(=O)CC[C@@H]32)C1. The standard InChI is InChI=1S/C39H54O3/c1-26(13-16-32-28(3)12-9-21-37(32,4)5)10-8-11-27(2)24-36(41)42-30-19-22-38(6)29(25-30)14-15-31-33-17-18-35(40)39(33,7)23-20-34(31)38/h8,10-11,13-14,16,24,30-31,33-34H,9,12,15,17-23,25H2,1-7H3/t30-,31-,33-,34-,38-,39-/m0/s1. The number of esters is 1. The summed E-state index contributed by atoms with van der Waals surface area (Å²) in [5, 5.41) is 0. The van der Waals surface area contributed by atoms with Gasteiger partial charge >= 0.3 is 5.97 Å². The highest BCUT2D eigenvalue weighted by Crippen LogP contribution is 2.64. The molecule has 3 saturated carbocycles. The zero-order valence-corrected chi connectivity index (χ0v) is 27.4. The molecule has 228 valence electrons. The van der Waals surface area contributed by atoms with Gasteiger partial charge in [-0.2, -0.15) is 0 Å². The summed E-state index contributed by atoms with van der Waals surface area (Å²) in [6, 6.07) is 0. The Morgan fingerprint density at radius 1 is 0.929 bits per heavy atom. The maximum Gasteiger partial charge on any atom is 0.331 e. The van der Waals surface area contributed by atoms with Crippen LogP contribution in [0.4, 0.5) is 0 Å². The van der Waals surface area contributed by atoms with Gasteiger partial charge in [-0.3, -0.25) is 4.79 Å². The Labute approximate surface area is 255 Å². The summed E-state index contributed by atoms with van der Waals surface area (Å²) in [5.41, 5.74) is 6.93. The molecule has 0 spiro atoms. The molecule has 5 aliphatic rings. The van der Waals surface area contributed by atoms with Crippen LogP contribution in [0, 0.1) is 34.0 Å². The molecule has 3 nitrogen and oxygen atoms in total. The van der Waals surface area contributed by atoms with Crippen LogP contribution in [0.2, 0.25) is 0 Å². The fourth-order valence-electron chi connectivity index (χ4n) is 9.56. The van der Waals surface area contributed by atoms with E-state index in [9.17, 15) is 9.59 Å². The summed E-state index contributed by atoms with van der Waals surface area (Å²) in [7, 11) is 0. The molecule has 6 atom stereocenters. The highest BCUT2D eigenvalue weighted by atomic mass is 16.5. The molecule has 0 heterocycles. The topological polar surface area (TPSA) is 43.4 Å². The van der Waals surface area contributed by atoms with Gasteiger partial charge in [-0.1, -0.05) is 80.9 Å². The van der Waals surface area contributed by atoms with Gasteiger partial charge < -0.3 is 4.74 Å². The summed E-state index contributed by atoms with van der Waals surface area (Å²) < 4.78 is 5.99. The number of fused-ring (bicyclic) bond motifs is 5. The summed E-state index contributed by atoms with van der Waals surface area (Å²) in [6.07, 6.45) is 26.4. The predicted molar refractivity (Wildman–Crippen MR) is 173 cm³/mol. The molecule has 0 aromatic carbocycles. The maximum atomic E-state index is 12.8. The Balaban J connectivity index is 1.16. The lowest BCUT2D eigenvalue weighted by atomic mass is 9.48. The number of ether oxygens (including phenoxy) is 1. The average molecular weight is 571 g/mol. The van der Waals surface area contributed by atoms with Crippen molar-refractivity contribution in [2.75, 3.05) is 0 Å². The highest BCUT2D eigenvalue weighted by Gasteiger charge is 2.58. The number of hydrogen-bond acceptors (Lipinski definition) is 3. The van der Waals surface area contributed by atoms with E-state index < -0.39 is 0 Å². The van der Waals surface area contributed by atoms with Crippen molar-refractivity contribution in [1.82, 2.24) is 0 Å². The summed E-state index contributed by atoms with van der Waals surface area (Å²) in [5.74, 6) is 2.12. The quantitative estimate of drug-likeness (QED) is 0.138. The van der Waals surface area contributed by atoms with Gasteiger partial charge in [0.1, 0.15) is 11.9 Å². The van der Waals surface area contributed by atoms with Crippen LogP contribution < -0.4 is 0 Å². The molecule has 0 aliphatic heterocycles. The highest BCUT2D eigenvalue weighted by molar-refractivity contribution is 5.87. The second-order valence-electron chi connectivity index (χ2n) is 15.4. The second-order valence-corrected chi connectivity index (χ2v) is 15.4. The summed E-state index contributed by atoms with van der Waals surface area (Å²) in [6.45, 7) is 15.8. The molecule has 42 heavy (non-hydrogen) atoms. The second kappa shape index (κ2) is 11.9. The lowest BCUT2D eigenvalue weighted by Crippen LogP contribution is -2.50. The monoisotopic (exact) mass is 570 g/mol. The van der Waals surface area contributed by atoms with Crippen LogP contribution in [0.15, 0.2) is 70.4 Å². The molecule has 5 rings (SSSR count). The van der Waals surface area contributed by atoms with Crippen LogP contribution in [-0.4, -0.2) is 17.9 Å². The largest absolute Gasteiger partial charge is 0.459 e. The molecule has 5 aliphatic carbocycles. The number of Topliss-reactive ketones (excluding diaryl/α,β-unsaturated/α-hetero) is 1. The van der Waals surface area contributed by atoms with Crippen LogP contribution in [0.1, 0.15) is 119 Å². The minimum atomic E-state index is -0.236. The Morgan fingerprint density at radius 3 is 2.43 bits per heavy atom. The molecular formula is C39H54O3. The zero-order valence-electron chi connectivity index (χ0n) is 27.4. The van der Waals surface area contributed by atoms with Crippen molar-refractivity contribution in [3.05, 3.63) is 70.4 Å². The summed E-state index contributed by atoms with van der Waals surface area (Å²) >= 11 is 0. The van der Waals surface area contributed by atoms with E-state index in [1.54, 1.807) is 6.08 Å². The number of carbonyl (C=O) groups is 2. The molecule has 3 fully saturated rings. The van der Waals surface area contributed by atoms with E-state index >= 15 is 0 Å². The van der Waals surface area contributed by atoms with E-state index in [0.29, 0.717) is 23.5 Å². The van der Waals surface area contributed by atoms with E-state index in [1.807, 2.05) is 19.1 Å². The Bertz CT molecular complexity index is 1280. The van der Waals surface area contributed by atoms with E-state index in [4.69, 9.17) is 4.74 Å². The van der Waals surface area contributed by atoms with Gasteiger partial charge in [0.15, 0.2) is 0 Å². The first-order valence-electron chi connectivity index (χ1n) is 16.7. The van der Waals surface area contributed by atoms with Gasteiger partial charge in [0.2, 0.25) is 0 Å². The van der Waals surface area contributed by atoms with Crippen molar-refractivity contribution in [1.29, 1.82) is 0 Å².